The van der Waals surface area contributed by atoms with Crippen molar-refractivity contribution in [2.45, 2.75) is 26.4 Å². The van der Waals surface area contributed by atoms with Gasteiger partial charge >= 0.3 is 0 Å². The molecular weight excluding hydrogens is 404 g/mol. The van der Waals surface area contributed by atoms with Crippen LogP contribution >= 0.6 is 0 Å². The van der Waals surface area contributed by atoms with Gasteiger partial charge in [0.25, 0.3) is 5.91 Å². The average molecular weight is 428 g/mol. The topological polar surface area (TPSA) is 105 Å². The largest absolute Gasteiger partial charge is 0.377 e. The second kappa shape index (κ2) is 8.76. The number of nitrogens with one attached hydrogen (secondary N) is 3. The zero-order valence-corrected chi connectivity index (χ0v) is 17.8. The third kappa shape index (κ3) is 4.04. The molecule has 32 heavy (non-hydrogen) atoms. The van der Waals surface area contributed by atoms with Crippen LogP contribution in [-0.4, -0.2) is 39.2 Å². The monoisotopic (exact) mass is 428 g/mol. The molecular formula is C24H24N6O2. The summed E-state index contributed by atoms with van der Waals surface area (Å²) >= 11 is 0. The summed E-state index contributed by atoms with van der Waals surface area (Å²) in [6.45, 7) is 3.84. The zero-order valence-electron chi connectivity index (χ0n) is 17.8. The molecule has 0 saturated carbocycles. The van der Waals surface area contributed by atoms with Gasteiger partial charge in [-0.25, -0.2) is 9.97 Å². The maximum atomic E-state index is 12.8. The number of aromatic nitrogens is 4. The van der Waals surface area contributed by atoms with Crippen molar-refractivity contribution in [2.24, 2.45) is 0 Å². The van der Waals surface area contributed by atoms with Crippen LogP contribution in [0.3, 0.4) is 0 Å². The van der Waals surface area contributed by atoms with E-state index in [2.05, 4.69) is 44.9 Å². The molecule has 4 aromatic rings. The summed E-state index contributed by atoms with van der Waals surface area (Å²) in [5, 5.41) is 14.3. The maximum absolute atomic E-state index is 12.8. The molecule has 0 aliphatic carbocycles. The number of fused-ring (bicyclic) bond motifs is 8. The number of aryl methyl sites for hydroxylation is 1. The Hall–Kier alpha value is -3.78. The number of ether oxygens (including phenoxy) is 1. The van der Waals surface area contributed by atoms with Crippen LogP contribution in [0.5, 0.6) is 0 Å². The van der Waals surface area contributed by atoms with Crippen molar-refractivity contribution < 1.29 is 9.53 Å². The second-order valence-corrected chi connectivity index (χ2v) is 7.87. The Bertz CT molecular complexity index is 1280. The lowest BCUT2D eigenvalue weighted by molar-refractivity contribution is 0.0947. The van der Waals surface area contributed by atoms with E-state index in [4.69, 9.17) is 9.72 Å². The first kappa shape index (κ1) is 20.1. The molecule has 6 bridgehead atoms. The van der Waals surface area contributed by atoms with E-state index in [1.54, 1.807) is 12.4 Å². The Morgan fingerprint density at radius 1 is 1.06 bits per heavy atom. The fourth-order valence-electron chi connectivity index (χ4n) is 3.86. The lowest BCUT2D eigenvalue weighted by Crippen LogP contribution is -2.24. The van der Waals surface area contributed by atoms with Crippen LogP contribution in [0.1, 0.15) is 34.3 Å². The number of nitrogens with zero attached hydrogens (tertiary/aromatic N) is 3. The molecule has 2 aromatic heterocycles. The molecule has 2 aromatic carbocycles. The third-order valence-corrected chi connectivity index (χ3v) is 5.66. The molecule has 4 heterocycles. The predicted molar refractivity (Wildman–Crippen MR) is 123 cm³/mol. The van der Waals surface area contributed by atoms with Crippen LogP contribution < -0.4 is 10.6 Å². The Balaban J connectivity index is 1.57. The van der Waals surface area contributed by atoms with Crippen molar-refractivity contribution in [1.82, 2.24) is 25.5 Å². The van der Waals surface area contributed by atoms with Crippen molar-refractivity contribution >= 4 is 28.4 Å². The highest BCUT2D eigenvalue weighted by Crippen LogP contribution is 2.29. The van der Waals surface area contributed by atoms with E-state index in [9.17, 15) is 4.79 Å². The molecule has 8 heteroatoms. The Morgan fingerprint density at radius 2 is 1.97 bits per heavy atom. The number of carbonyl (C=O) groups is 1. The Labute approximate surface area is 185 Å². The highest BCUT2D eigenvalue weighted by Gasteiger charge is 2.16. The minimum Gasteiger partial charge on any atom is -0.377 e. The maximum Gasteiger partial charge on any atom is 0.252 e. The Kier molecular flexibility index (Phi) is 5.51. The molecule has 0 atom stereocenters. The molecule has 2 aliphatic rings. The van der Waals surface area contributed by atoms with Gasteiger partial charge in [-0.3, -0.25) is 9.89 Å². The van der Waals surface area contributed by atoms with Gasteiger partial charge in [-0.15, -0.1) is 0 Å². The minimum atomic E-state index is -0.113. The van der Waals surface area contributed by atoms with Crippen molar-refractivity contribution in [2.75, 3.05) is 18.5 Å². The fraction of sp³-hybridized carbons (Fsp3) is 0.250. The number of aromatic amines is 1. The highest BCUT2D eigenvalue weighted by atomic mass is 16.5. The average Bonchev–Trinajstić information content (AvgIpc) is 3.29. The first-order valence-electron chi connectivity index (χ1n) is 10.7. The number of carbonyl (C=O) groups excluding carboxylic acids is 1. The number of H-pyrrole nitrogens is 1. The number of amides is 1. The van der Waals surface area contributed by atoms with Gasteiger partial charge in [-0.2, -0.15) is 5.10 Å². The number of hydrogen-bond acceptors (Lipinski definition) is 6. The molecule has 0 radical (unpaired) electrons. The first-order valence-corrected chi connectivity index (χ1v) is 10.7. The van der Waals surface area contributed by atoms with Crippen molar-refractivity contribution in [3.8, 4) is 11.3 Å². The number of benzene rings is 2. The quantitative estimate of drug-likeness (QED) is 0.389. The molecule has 0 saturated heterocycles. The summed E-state index contributed by atoms with van der Waals surface area (Å²) in [5.74, 6) is 0.379. The molecule has 6 rings (SSSR count). The second-order valence-electron chi connectivity index (χ2n) is 7.87. The van der Waals surface area contributed by atoms with E-state index in [0.29, 0.717) is 31.3 Å². The van der Waals surface area contributed by atoms with Crippen LogP contribution in [0, 0.1) is 6.92 Å². The summed E-state index contributed by atoms with van der Waals surface area (Å²) in [4.78, 5) is 21.9. The van der Waals surface area contributed by atoms with Crippen molar-refractivity contribution in [3.63, 3.8) is 0 Å². The van der Waals surface area contributed by atoms with Crippen LogP contribution in [0.25, 0.3) is 22.2 Å². The summed E-state index contributed by atoms with van der Waals surface area (Å²) in [6.07, 6.45) is 5.11. The van der Waals surface area contributed by atoms with Gasteiger partial charge in [0.1, 0.15) is 0 Å². The minimum absolute atomic E-state index is 0.113. The lowest BCUT2D eigenvalue weighted by Gasteiger charge is -2.11. The normalized spacial score (nSPS) is 14.8. The molecule has 0 unspecified atom stereocenters. The van der Waals surface area contributed by atoms with E-state index in [1.807, 2.05) is 24.3 Å². The number of rotatable bonds is 0. The van der Waals surface area contributed by atoms with Gasteiger partial charge in [0.05, 0.1) is 29.6 Å². The highest BCUT2D eigenvalue weighted by molar-refractivity contribution is 6.09. The van der Waals surface area contributed by atoms with E-state index >= 15 is 0 Å². The van der Waals surface area contributed by atoms with Gasteiger partial charge in [-0.05, 0) is 61.2 Å². The standard InChI is InChI=1S/C24H24N6O2/c1-15-4-5-17-12-16(15)14-32-11-3-2-9-25-23(31)18-6-7-19(22-20(18)13-27-30-22)21-8-10-26-24(28-17)29-21/h4-8,10,12-13H,2-3,9,11,14H2,1H3,(H,25,31)(H,27,30)(H,26,28,29). The lowest BCUT2D eigenvalue weighted by atomic mass is 10.0. The molecule has 0 spiro atoms. The van der Waals surface area contributed by atoms with Gasteiger partial charge in [0, 0.05) is 36.0 Å². The molecule has 1 amide bonds. The smallest absolute Gasteiger partial charge is 0.252 e. The molecule has 0 fully saturated rings. The number of hydrogen-bond donors (Lipinski definition) is 3. The van der Waals surface area contributed by atoms with E-state index in [-0.39, 0.29) is 5.91 Å². The van der Waals surface area contributed by atoms with E-state index in [0.717, 1.165) is 46.3 Å². The molecule has 8 nitrogen and oxygen atoms in total. The zero-order chi connectivity index (χ0) is 21.9. The van der Waals surface area contributed by atoms with Crippen LogP contribution in [0.15, 0.2) is 48.8 Å². The summed E-state index contributed by atoms with van der Waals surface area (Å²) < 4.78 is 5.87. The van der Waals surface area contributed by atoms with Crippen LogP contribution in [0.4, 0.5) is 11.6 Å². The molecule has 2 aliphatic heterocycles. The van der Waals surface area contributed by atoms with Gasteiger partial charge in [0.15, 0.2) is 0 Å². The molecule has 3 N–H and O–H groups in total. The van der Waals surface area contributed by atoms with Crippen molar-refractivity contribution in [1.29, 1.82) is 0 Å². The van der Waals surface area contributed by atoms with Gasteiger partial charge in [0.2, 0.25) is 5.95 Å². The van der Waals surface area contributed by atoms with E-state index < -0.39 is 0 Å². The van der Waals surface area contributed by atoms with Crippen LogP contribution in [-0.2, 0) is 11.3 Å². The fourth-order valence-corrected chi connectivity index (χ4v) is 3.86. The van der Waals surface area contributed by atoms with Crippen molar-refractivity contribution in [3.05, 3.63) is 65.5 Å². The third-order valence-electron chi connectivity index (χ3n) is 5.66. The van der Waals surface area contributed by atoms with Crippen LogP contribution in [0.2, 0.25) is 0 Å². The summed E-state index contributed by atoms with van der Waals surface area (Å²) in [7, 11) is 0. The predicted octanol–water partition coefficient (Wildman–Crippen LogP) is 4.11. The van der Waals surface area contributed by atoms with Gasteiger partial charge < -0.3 is 15.4 Å². The molecule has 162 valence electrons. The summed E-state index contributed by atoms with van der Waals surface area (Å²) in [5.41, 5.74) is 6.14. The Morgan fingerprint density at radius 3 is 2.91 bits per heavy atom. The van der Waals surface area contributed by atoms with Gasteiger partial charge in [-0.1, -0.05) is 6.07 Å². The first-order chi connectivity index (χ1) is 15.7. The number of anilines is 2. The SMILES string of the molecule is Cc1ccc2cc1COCCCCNC(=O)c1ccc(c3[nH]ncc13)-c1ccnc(n1)N2. The van der Waals surface area contributed by atoms with E-state index in [1.165, 1.54) is 5.56 Å². The summed E-state index contributed by atoms with van der Waals surface area (Å²) in [6, 6.07) is 11.7.